The van der Waals surface area contributed by atoms with Crippen molar-refractivity contribution in [3.63, 3.8) is 0 Å². The Labute approximate surface area is 142 Å². The Hall–Kier alpha value is -1.49. The first-order valence-electron chi connectivity index (χ1n) is 8.13. The first-order chi connectivity index (χ1) is 11.0. The normalized spacial score (nSPS) is 13.4. The molecule has 23 heavy (non-hydrogen) atoms. The summed E-state index contributed by atoms with van der Waals surface area (Å²) in [6.07, 6.45) is 3.69. The van der Waals surface area contributed by atoms with E-state index in [9.17, 15) is 14.7 Å². The first-order valence-corrected chi connectivity index (χ1v) is 9.18. The van der Waals surface area contributed by atoms with Crippen LogP contribution >= 0.6 is 11.8 Å². The Balaban J connectivity index is 2.67. The molecular weight excluding hydrogens is 312 g/mol. The van der Waals surface area contributed by atoms with E-state index in [0.29, 0.717) is 6.42 Å². The molecule has 0 aromatic heterocycles. The highest BCUT2D eigenvalue weighted by Crippen LogP contribution is 2.27. The lowest BCUT2D eigenvalue weighted by Crippen LogP contribution is -2.22. The molecule has 0 fully saturated rings. The first kappa shape index (κ1) is 19.6. The van der Waals surface area contributed by atoms with Crippen LogP contribution in [0.25, 0.3) is 0 Å². The zero-order chi connectivity index (χ0) is 17.1. The average molecular weight is 338 g/mol. The fourth-order valence-electron chi connectivity index (χ4n) is 2.44. The van der Waals surface area contributed by atoms with Gasteiger partial charge in [-0.05, 0) is 37.0 Å². The van der Waals surface area contributed by atoms with Crippen molar-refractivity contribution in [1.82, 2.24) is 0 Å². The molecule has 0 heterocycles. The van der Waals surface area contributed by atoms with E-state index >= 15 is 0 Å². The number of carboxylic acid groups (broad SMARTS) is 2. The average Bonchev–Trinajstić information content (AvgIpc) is 2.51. The second-order valence-corrected chi connectivity index (χ2v) is 7.15. The summed E-state index contributed by atoms with van der Waals surface area (Å²) in [4.78, 5) is 22.1. The van der Waals surface area contributed by atoms with E-state index in [1.165, 1.54) is 5.56 Å². The van der Waals surface area contributed by atoms with E-state index < -0.39 is 17.9 Å². The van der Waals surface area contributed by atoms with Gasteiger partial charge in [0.2, 0.25) is 0 Å². The van der Waals surface area contributed by atoms with Crippen molar-refractivity contribution < 1.29 is 19.8 Å². The van der Waals surface area contributed by atoms with Gasteiger partial charge in [-0.15, -0.1) is 0 Å². The summed E-state index contributed by atoms with van der Waals surface area (Å²) in [5, 5.41) is 18.4. The molecule has 0 aliphatic heterocycles. The molecule has 2 atom stereocenters. The van der Waals surface area contributed by atoms with Crippen LogP contribution in [0.2, 0.25) is 0 Å². The Bertz CT molecular complexity index is 475. The lowest BCUT2D eigenvalue weighted by molar-refractivity contribution is -0.143. The number of carboxylic acids is 2. The van der Waals surface area contributed by atoms with E-state index in [-0.39, 0.29) is 18.1 Å². The highest BCUT2D eigenvalue weighted by atomic mass is 32.2. The summed E-state index contributed by atoms with van der Waals surface area (Å²) < 4.78 is 0. The van der Waals surface area contributed by atoms with E-state index in [4.69, 9.17) is 5.11 Å². The van der Waals surface area contributed by atoms with Crippen molar-refractivity contribution in [2.75, 3.05) is 5.75 Å². The SMILES string of the molecule is CCCCSC(Cc1ccccc1)CC(CCC(=O)O)C(=O)O. The Kier molecular flexibility index (Phi) is 9.45. The summed E-state index contributed by atoms with van der Waals surface area (Å²) in [6.45, 7) is 2.14. The maximum atomic E-state index is 11.4. The van der Waals surface area contributed by atoms with Crippen molar-refractivity contribution in [2.24, 2.45) is 5.92 Å². The monoisotopic (exact) mass is 338 g/mol. The second-order valence-electron chi connectivity index (χ2n) is 5.74. The lowest BCUT2D eigenvalue weighted by Gasteiger charge is -2.21. The van der Waals surface area contributed by atoms with Gasteiger partial charge in [0.1, 0.15) is 0 Å². The van der Waals surface area contributed by atoms with Gasteiger partial charge in [-0.1, -0.05) is 43.7 Å². The number of thioether (sulfide) groups is 1. The Morgan fingerprint density at radius 2 is 1.87 bits per heavy atom. The second kappa shape index (κ2) is 11.1. The number of carbonyl (C=O) groups is 2. The van der Waals surface area contributed by atoms with Crippen molar-refractivity contribution in [1.29, 1.82) is 0 Å². The van der Waals surface area contributed by atoms with E-state index in [1.54, 1.807) is 0 Å². The number of aliphatic carboxylic acids is 2. The molecule has 4 nitrogen and oxygen atoms in total. The van der Waals surface area contributed by atoms with Crippen LogP contribution in [-0.2, 0) is 16.0 Å². The van der Waals surface area contributed by atoms with Gasteiger partial charge in [-0.25, -0.2) is 0 Å². The van der Waals surface area contributed by atoms with Gasteiger partial charge in [0.25, 0.3) is 0 Å². The van der Waals surface area contributed by atoms with Gasteiger partial charge in [-0.3, -0.25) is 9.59 Å². The molecule has 0 saturated heterocycles. The molecule has 128 valence electrons. The molecule has 0 amide bonds. The van der Waals surface area contributed by atoms with Crippen LogP contribution in [0, 0.1) is 5.92 Å². The molecule has 0 spiro atoms. The maximum absolute atomic E-state index is 11.4. The Morgan fingerprint density at radius 3 is 2.43 bits per heavy atom. The van der Waals surface area contributed by atoms with Crippen LogP contribution in [0.3, 0.4) is 0 Å². The summed E-state index contributed by atoms with van der Waals surface area (Å²) in [5.74, 6) is -1.40. The van der Waals surface area contributed by atoms with E-state index in [0.717, 1.165) is 25.0 Å². The predicted octanol–water partition coefficient (Wildman–Crippen LogP) is 4.09. The number of benzene rings is 1. The molecule has 0 aliphatic rings. The van der Waals surface area contributed by atoms with Gasteiger partial charge < -0.3 is 10.2 Å². The van der Waals surface area contributed by atoms with Crippen LogP contribution < -0.4 is 0 Å². The third-order valence-corrected chi connectivity index (χ3v) is 5.12. The third kappa shape index (κ3) is 8.65. The highest BCUT2D eigenvalue weighted by Gasteiger charge is 2.23. The minimum absolute atomic E-state index is 0.0886. The molecule has 2 unspecified atom stereocenters. The predicted molar refractivity (Wildman–Crippen MR) is 93.9 cm³/mol. The molecule has 0 saturated carbocycles. The standard InChI is InChI=1S/C18H26O4S/c1-2-3-11-23-16(12-14-7-5-4-6-8-14)13-15(18(21)22)9-10-17(19)20/h4-8,15-16H,2-3,9-13H2,1H3,(H,19,20)(H,21,22). The van der Waals surface area contributed by atoms with Crippen molar-refractivity contribution >= 4 is 23.7 Å². The van der Waals surface area contributed by atoms with Crippen LogP contribution in [0.5, 0.6) is 0 Å². The van der Waals surface area contributed by atoms with E-state index in [1.807, 2.05) is 30.0 Å². The number of unbranched alkanes of at least 4 members (excludes halogenated alkanes) is 1. The van der Waals surface area contributed by atoms with Crippen molar-refractivity contribution in [3.05, 3.63) is 35.9 Å². The number of rotatable bonds is 12. The summed E-state index contributed by atoms with van der Waals surface area (Å²) >= 11 is 1.81. The molecule has 5 heteroatoms. The highest BCUT2D eigenvalue weighted by molar-refractivity contribution is 7.99. The van der Waals surface area contributed by atoms with Gasteiger partial charge >= 0.3 is 11.9 Å². The molecule has 1 aromatic rings. The summed E-state index contributed by atoms with van der Waals surface area (Å²) in [6, 6.07) is 10.1. The number of hydrogen-bond acceptors (Lipinski definition) is 3. The minimum Gasteiger partial charge on any atom is -0.481 e. The van der Waals surface area contributed by atoms with Gasteiger partial charge in [-0.2, -0.15) is 11.8 Å². The maximum Gasteiger partial charge on any atom is 0.306 e. The zero-order valence-corrected chi connectivity index (χ0v) is 14.4. The molecule has 2 N–H and O–H groups in total. The zero-order valence-electron chi connectivity index (χ0n) is 13.6. The summed E-state index contributed by atoms with van der Waals surface area (Å²) in [7, 11) is 0. The molecule has 1 rings (SSSR count). The van der Waals surface area contributed by atoms with Crippen LogP contribution in [0.1, 0.15) is 44.6 Å². The smallest absolute Gasteiger partial charge is 0.306 e. The fourth-order valence-corrected chi connectivity index (χ4v) is 3.91. The third-order valence-electron chi connectivity index (χ3n) is 3.76. The quantitative estimate of drug-likeness (QED) is 0.562. The summed E-state index contributed by atoms with van der Waals surface area (Å²) in [5.41, 5.74) is 1.20. The van der Waals surface area contributed by atoms with Gasteiger partial charge in [0.15, 0.2) is 0 Å². The van der Waals surface area contributed by atoms with Crippen molar-refractivity contribution in [3.8, 4) is 0 Å². The van der Waals surface area contributed by atoms with E-state index in [2.05, 4.69) is 19.1 Å². The minimum atomic E-state index is -0.936. The van der Waals surface area contributed by atoms with Crippen LogP contribution in [-0.4, -0.2) is 33.2 Å². The fraction of sp³-hybridized carbons (Fsp3) is 0.556. The van der Waals surface area contributed by atoms with Gasteiger partial charge in [0, 0.05) is 11.7 Å². The van der Waals surface area contributed by atoms with Crippen LogP contribution in [0.4, 0.5) is 0 Å². The molecular formula is C18H26O4S. The van der Waals surface area contributed by atoms with Crippen LogP contribution in [0.15, 0.2) is 30.3 Å². The number of hydrogen-bond donors (Lipinski definition) is 2. The van der Waals surface area contributed by atoms with Crippen molar-refractivity contribution in [2.45, 2.75) is 50.7 Å². The molecule has 0 bridgehead atoms. The Morgan fingerprint density at radius 1 is 1.17 bits per heavy atom. The topological polar surface area (TPSA) is 74.6 Å². The molecule has 1 aromatic carbocycles. The lowest BCUT2D eigenvalue weighted by atomic mass is 9.95. The van der Waals surface area contributed by atoms with Gasteiger partial charge in [0.05, 0.1) is 5.92 Å². The molecule has 0 aliphatic carbocycles. The largest absolute Gasteiger partial charge is 0.481 e. The molecule has 0 radical (unpaired) electrons.